The second-order valence-electron chi connectivity index (χ2n) is 5.95. The van der Waals surface area contributed by atoms with Gasteiger partial charge in [0.2, 0.25) is 0 Å². The van der Waals surface area contributed by atoms with Crippen molar-refractivity contribution >= 4 is 37.8 Å². The summed E-state index contributed by atoms with van der Waals surface area (Å²) in [6, 6.07) is 4.66. The van der Waals surface area contributed by atoms with Crippen LogP contribution in [0.15, 0.2) is 35.4 Å². The fourth-order valence-corrected chi connectivity index (χ4v) is 3.94. The van der Waals surface area contributed by atoms with Crippen LogP contribution in [-0.4, -0.2) is 33.9 Å². The normalized spacial score (nSPS) is 12.5. The van der Waals surface area contributed by atoms with E-state index < -0.39 is 26.8 Å². The third-order valence-corrected chi connectivity index (χ3v) is 6.19. The van der Waals surface area contributed by atoms with Gasteiger partial charge >= 0.3 is 6.18 Å². The van der Waals surface area contributed by atoms with E-state index in [-0.39, 0.29) is 38.8 Å². The molecular formula is C17H13ClF3N3O3S. The lowest BCUT2D eigenvalue weighted by Gasteiger charge is -2.10. The highest BCUT2D eigenvalue weighted by Gasteiger charge is 2.32. The van der Waals surface area contributed by atoms with Gasteiger partial charge in [-0.05, 0) is 35.9 Å². The average Bonchev–Trinajstić information content (AvgIpc) is 2.96. The molecule has 11 heteroatoms. The molecule has 0 N–H and O–H groups in total. The van der Waals surface area contributed by atoms with E-state index in [1.165, 1.54) is 30.7 Å². The van der Waals surface area contributed by atoms with Crippen LogP contribution in [0.25, 0.3) is 22.6 Å². The van der Waals surface area contributed by atoms with Crippen molar-refractivity contribution in [1.82, 2.24) is 14.5 Å². The van der Waals surface area contributed by atoms with Crippen LogP contribution in [0.2, 0.25) is 0 Å². The predicted octanol–water partition coefficient (Wildman–Crippen LogP) is 3.83. The number of aromatic nitrogens is 3. The quantitative estimate of drug-likeness (QED) is 0.586. The average molecular weight is 432 g/mol. The topological polar surface area (TPSA) is 81.9 Å². The SMILES string of the molecule is CCS(=O)(=O)c1cc(C(=O)Cl)ccc1-c1nc2cc(C(F)(F)F)cnc2n1C. The first-order valence-electron chi connectivity index (χ1n) is 7.92. The molecule has 0 radical (unpaired) electrons. The largest absolute Gasteiger partial charge is 0.417 e. The number of hydrogen-bond donors (Lipinski definition) is 0. The summed E-state index contributed by atoms with van der Waals surface area (Å²) in [5.41, 5.74) is -0.731. The van der Waals surface area contributed by atoms with Crippen LogP contribution in [0, 0.1) is 0 Å². The third kappa shape index (κ3) is 3.49. The van der Waals surface area contributed by atoms with E-state index in [1.807, 2.05) is 0 Å². The standard InChI is InChI=1S/C17H13ClF3N3O3S/c1-3-28(26,27)13-6-9(14(18)25)4-5-11(13)15-23-12-7-10(17(19,20)21)8-22-16(12)24(15)2/h4-8H,3H2,1-2H3. The summed E-state index contributed by atoms with van der Waals surface area (Å²) in [5, 5.41) is -0.833. The van der Waals surface area contributed by atoms with Crippen molar-refractivity contribution in [3.8, 4) is 11.4 Å². The highest BCUT2D eigenvalue weighted by molar-refractivity contribution is 7.91. The number of imidazole rings is 1. The summed E-state index contributed by atoms with van der Waals surface area (Å²) in [7, 11) is -2.28. The fourth-order valence-electron chi connectivity index (χ4n) is 2.71. The smallest absolute Gasteiger partial charge is 0.312 e. The van der Waals surface area contributed by atoms with E-state index in [9.17, 15) is 26.4 Å². The molecule has 148 valence electrons. The van der Waals surface area contributed by atoms with Crippen molar-refractivity contribution < 1.29 is 26.4 Å². The molecule has 0 aliphatic rings. The predicted molar refractivity (Wildman–Crippen MR) is 96.9 cm³/mol. The van der Waals surface area contributed by atoms with E-state index in [0.717, 1.165) is 12.1 Å². The van der Waals surface area contributed by atoms with Gasteiger partial charge in [-0.2, -0.15) is 13.2 Å². The molecule has 0 saturated carbocycles. The molecule has 0 saturated heterocycles. The van der Waals surface area contributed by atoms with Crippen LogP contribution < -0.4 is 0 Å². The van der Waals surface area contributed by atoms with Crippen LogP contribution in [-0.2, 0) is 23.1 Å². The van der Waals surface area contributed by atoms with Gasteiger partial charge in [0.15, 0.2) is 15.5 Å². The Hall–Kier alpha value is -2.46. The first-order chi connectivity index (χ1) is 13.0. The van der Waals surface area contributed by atoms with Gasteiger partial charge in [-0.15, -0.1) is 0 Å². The number of fused-ring (bicyclic) bond motifs is 1. The fraction of sp³-hybridized carbons (Fsp3) is 0.235. The minimum atomic E-state index is -4.59. The van der Waals surface area contributed by atoms with Crippen molar-refractivity contribution in [2.75, 3.05) is 5.75 Å². The number of rotatable bonds is 4. The second-order valence-corrected chi connectivity index (χ2v) is 8.54. The Morgan fingerprint density at radius 3 is 2.50 bits per heavy atom. The molecule has 0 atom stereocenters. The van der Waals surface area contributed by atoms with Gasteiger partial charge in [0.05, 0.1) is 16.2 Å². The van der Waals surface area contributed by atoms with Crippen LogP contribution in [0.4, 0.5) is 13.2 Å². The molecule has 0 amide bonds. The number of carbonyl (C=O) groups is 1. The van der Waals surface area contributed by atoms with Gasteiger partial charge in [-0.1, -0.05) is 6.92 Å². The van der Waals surface area contributed by atoms with Crippen LogP contribution in [0.1, 0.15) is 22.8 Å². The molecule has 6 nitrogen and oxygen atoms in total. The Kier molecular flexibility index (Phi) is 4.96. The van der Waals surface area contributed by atoms with Crippen molar-refractivity contribution in [3.05, 3.63) is 41.6 Å². The van der Waals surface area contributed by atoms with Crippen molar-refractivity contribution in [2.45, 2.75) is 18.0 Å². The first-order valence-corrected chi connectivity index (χ1v) is 9.95. The van der Waals surface area contributed by atoms with Crippen molar-refractivity contribution in [2.24, 2.45) is 7.05 Å². The number of aryl methyl sites for hydroxylation is 1. The molecule has 0 bridgehead atoms. The number of pyridine rings is 1. The molecule has 2 aromatic heterocycles. The first kappa shape index (κ1) is 20.3. The number of sulfone groups is 1. The Bertz CT molecular complexity index is 1200. The summed E-state index contributed by atoms with van der Waals surface area (Å²) in [6.45, 7) is 1.43. The number of alkyl halides is 3. The monoisotopic (exact) mass is 431 g/mol. The molecule has 1 aromatic carbocycles. The second kappa shape index (κ2) is 6.85. The number of carbonyl (C=O) groups excluding carboxylic acids is 1. The maximum absolute atomic E-state index is 12.9. The minimum Gasteiger partial charge on any atom is -0.312 e. The van der Waals surface area contributed by atoms with Gasteiger partial charge in [-0.25, -0.2) is 18.4 Å². The maximum Gasteiger partial charge on any atom is 0.417 e. The molecule has 0 spiro atoms. The van der Waals surface area contributed by atoms with Gasteiger partial charge in [0, 0.05) is 24.4 Å². The van der Waals surface area contributed by atoms with Crippen molar-refractivity contribution in [3.63, 3.8) is 0 Å². The van der Waals surface area contributed by atoms with Gasteiger partial charge in [-0.3, -0.25) is 4.79 Å². The lowest BCUT2D eigenvalue weighted by molar-refractivity contribution is -0.137. The number of halogens is 4. The summed E-state index contributed by atoms with van der Waals surface area (Å²) < 4.78 is 65.2. The van der Waals surface area contributed by atoms with E-state index in [0.29, 0.717) is 6.20 Å². The third-order valence-electron chi connectivity index (χ3n) is 4.20. The van der Waals surface area contributed by atoms with Gasteiger partial charge < -0.3 is 4.57 Å². The Morgan fingerprint density at radius 2 is 1.93 bits per heavy atom. The zero-order valence-electron chi connectivity index (χ0n) is 14.6. The van der Waals surface area contributed by atoms with E-state index in [2.05, 4.69) is 9.97 Å². The molecule has 3 rings (SSSR count). The molecule has 2 heterocycles. The van der Waals surface area contributed by atoms with Gasteiger partial charge in [0.1, 0.15) is 11.3 Å². The zero-order valence-corrected chi connectivity index (χ0v) is 16.2. The van der Waals surface area contributed by atoms with Gasteiger partial charge in [0.25, 0.3) is 5.24 Å². The number of nitrogens with zero attached hydrogens (tertiary/aromatic N) is 3. The molecule has 0 aliphatic carbocycles. The number of benzene rings is 1. The van der Waals surface area contributed by atoms with Crippen LogP contribution in [0.5, 0.6) is 0 Å². The summed E-state index contributed by atoms with van der Waals surface area (Å²) >= 11 is 5.45. The molecule has 0 unspecified atom stereocenters. The number of hydrogen-bond acceptors (Lipinski definition) is 5. The molecule has 0 aliphatic heterocycles. The Morgan fingerprint density at radius 1 is 1.25 bits per heavy atom. The minimum absolute atomic E-state index is 0.0197. The summed E-state index contributed by atoms with van der Waals surface area (Å²) in [5.74, 6) is -0.150. The summed E-state index contributed by atoms with van der Waals surface area (Å²) in [6.07, 6.45) is -3.90. The Balaban J connectivity index is 2.30. The lowest BCUT2D eigenvalue weighted by atomic mass is 10.1. The highest BCUT2D eigenvalue weighted by Crippen LogP contribution is 2.33. The molecule has 28 heavy (non-hydrogen) atoms. The molecule has 0 fully saturated rings. The highest BCUT2D eigenvalue weighted by atomic mass is 35.5. The summed E-state index contributed by atoms with van der Waals surface area (Å²) in [4.78, 5) is 19.2. The van der Waals surface area contributed by atoms with E-state index >= 15 is 0 Å². The van der Waals surface area contributed by atoms with E-state index in [1.54, 1.807) is 0 Å². The zero-order chi connectivity index (χ0) is 20.9. The van der Waals surface area contributed by atoms with Crippen LogP contribution in [0.3, 0.4) is 0 Å². The van der Waals surface area contributed by atoms with Crippen molar-refractivity contribution in [1.29, 1.82) is 0 Å². The van der Waals surface area contributed by atoms with E-state index in [4.69, 9.17) is 11.6 Å². The molecular weight excluding hydrogens is 419 g/mol. The molecule has 3 aromatic rings. The van der Waals surface area contributed by atoms with Crippen LogP contribution >= 0.6 is 11.6 Å². The lowest BCUT2D eigenvalue weighted by Crippen LogP contribution is -2.08. The maximum atomic E-state index is 12.9. The Labute approximate surface area is 162 Å².